The van der Waals surface area contributed by atoms with Gasteiger partial charge in [-0.1, -0.05) is 0 Å². The molecule has 5 heteroatoms. The van der Waals surface area contributed by atoms with E-state index < -0.39 is 10.8 Å². The van der Waals surface area contributed by atoms with E-state index in [9.17, 15) is 4.21 Å². The molecule has 0 aliphatic carbocycles. The van der Waals surface area contributed by atoms with Gasteiger partial charge in [0.1, 0.15) is 4.83 Å². The van der Waals surface area contributed by atoms with Crippen molar-refractivity contribution in [3.8, 4) is 0 Å². The number of imidazole rings is 1. The second-order valence-corrected chi connectivity index (χ2v) is 4.31. The van der Waals surface area contributed by atoms with Crippen molar-refractivity contribution in [2.45, 2.75) is 5.16 Å². The molecule has 58 valence electrons. The maximum Gasteiger partial charge on any atom is 0.203 e. The molecule has 2 heterocycles. The van der Waals surface area contributed by atoms with Crippen LogP contribution in [-0.4, -0.2) is 19.8 Å². The molecule has 0 fully saturated rings. The van der Waals surface area contributed by atoms with Crippen LogP contribution < -0.4 is 0 Å². The van der Waals surface area contributed by atoms with Crippen molar-refractivity contribution in [3.05, 3.63) is 17.8 Å². The van der Waals surface area contributed by atoms with Crippen LogP contribution in [0.3, 0.4) is 0 Å². The molecule has 0 aromatic carbocycles. The molecule has 0 aliphatic heterocycles. The molecule has 0 radical (unpaired) electrons. The molecule has 0 spiro atoms. The largest absolute Gasteiger partial charge is 0.283 e. The molecule has 0 bridgehead atoms. The van der Waals surface area contributed by atoms with Crippen LogP contribution in [0.1, 0.15) is 0 Å². The molecule has 2 aromatic rings. The fraction of sp³-hybridized carbons (Fsp3) is 0.167. The van der Waals surface area contributed by atoms with Gasteiger partial charge in [-0.05, 0) is 0 Å². The molecule has 0 aliphatic rings. The minimum atomic E-state index is -0.992. The van der Waals surface area contributed by atoms with E-state index in [2.05, 4.69) is 4.98 Å². The Kier molecular flexibility index (Phi) is 1.54. The summed E-state index contributed by atoms with van der Waals surface area (Å²) in [5.74, 6) is 0. The Morgan fingerprint density at radius 2 is 2.55 bits per heavy atom. The number of fused-ring (bicyclic) bond motifs is 1. The molecule has 1 unspecified atom stereocenters. The van der Waals surface area contributed by atoms with Gasteiger partial charge in [0.2, 0.25) is 5.16 Å². The molecule has 3 nitrogen and oxygen atoms in total. The SMILES string of the molecule is CS(=O)c1ncc2sccn12. The highest BCUT2D eigenvalue weighted by molar-refractivity contribution is 7.84. The summed E-state index contributed by atoms with van der Waals surface area (Å²) in [6.45, 7) is 0. The summed E-state index contributed by atoms with van der Waals surface area (Å²) in [6.07, 6.45) is 5.25. The van der Waals surface area contributed by atoms with E-state index in [1.807, 2.05) is 16.0 Å². The minimum Gasteiger partial charge on any atom is -0.283 e. The summed E-state index contributed by atoms with van der Waals surface area (Å²) in [5, 5.41) is 2.58. The van der Waals surface area contributed by atoms with Crippen molar-refractivity contribution in [2.24, 2.45) is 0 Å². The average Bonchev–Trinajstić information content (AvgIpc) is 2.41. The lowest BCUT2D eigenvalue weighted by atomic mass is 10.9. The third-order valence-corrected chi connectivity index (χ3v) is 3.00. The lowest BCUT2D eigenvalue weighted by Gasteiger charge is -1.89. The average molecular weight is 186 g/mol. The molecule has 0 saturated heterocycles. The van der Waals surface area contributed by atoms with E-state index >= 15 is 0 Å². The molecule has 1 atom stereocenters. The van der Waals surface area contributed by atoms with Gasteiger partial charge in [-0.3, -0.25) is 8.61 Å². The van der Waals surface area contributed by atoms with Crippen molar-refractivity contribution in [3.63, 3.8) is 0 Å². The van der Waals surface area contributed by atoms with Crippen molar-refractivity contribution in [2.75, 3.05) is 6.26 Å². The normalized spacial score (nSPS) is 13.9. The smallest absolute Gasteiger partial charge is 0.203 e. The predicted octanol–water partition coefficient (Wildman–Crippen LogP) is 1.13. The van der Waals surface area contributed by atoms with Gasteiger partial charge in [0, 0.05) is 17.8 Å². The zero-order valence-corrected chi connectivity index (χ0v) is 7.48. The number of thiazole rings is 1. The fourth-order valence-electron chi connectivity index (χ4n) is 0.927. The molecule has 0 N–H and O–H groups in total. The monoisotopic (exact) mass is 186 g/mol. The molecule has 2 rings (SSSR count). The number of hydrogen-bond donors (Lipinski definition) is 0. The summed E-state index contributed by atoms with van der Waals surface area (Å²) in [4.78, 5) is 5.07. The summed E-state index contributed by atoms with van der Waals surface area (Å²) in [7, 11) is -0.992. The van der Waals surface area contributed by atoms with Crippen molar-refractivity contribution in [1.29, 1.82) is 0 Å². The summed E-state index contributed by atoms with van der Waals surface area (Å²) in [5.41, 5.74) is 0. The maximum absolute atomic E-state index is 11.1. The third-order valence-electron chi connectivity index (χ3n) is 1.38. The van der Waals surface area contributed by atoms with E-state index in [-0.39, 0.29) is 0 Å². The van der Waals surface area contributed by atoms with Gasteiger partial charge >= 0.3 is 0 Å². The first kappa shape index (κ1) is 7.00. The van der Waals surface area contributed by atoms with E-state index in [1.165, 1.54) is 0 Å². The van der Waals surface area contributed by atoms with Crippen LogP contribution in [0.2, 0.25) is 0 Å². The Hall–Kier alpha value is -0.680. The molecule has 11 heavy (non-hydrogen) atoms. The number of nitrogens with zero attached hydrogens (tertiary/aromatic N) is 2. The van der Waals surface area contributed by atoms with Gasteiger partial charge in [0.05, 0.1) is 17.0 Å². The van der Waals surface area contributed by atoms with Gasteiger partial charge in [0.15, 0.2) is 0 Å². The zero-order chi connectivity index (χ0) is 7.84. The van der Waals surface area contributed by atoms with Gasteiger partial charge in [-0.25, -0.2) is 4.98 Å². The standard InChI is InChI=1S/C6H6N2OS2/c1-11(9)6-7-4-5-8(6)2-3-10-5/h2-4H,1H3. The second-order valence-electron chi connectivity index (χ2n) is 2.11. The second kappa shape index (κ2) is 2.42. The van der Waals surface area contributed by atoms with Gasteiger partial charge in [-0.2, -0.15) is 0 Å². The summed E-state index contributed by atoms with van der Waals surface area (Å²) >= 11 is 1.59. The molecule has 2 aromatic heterocycles. The van der Waals surface area contributed by atoms with Gasteiger partial charge < -0.3 is 0 Å². The van der Waals surface area contributed by atoms with Gasteiger partial charge in [-0.15, -0.1) is 11.3 Å². The van der Waals surface area contributed by atoms with Crippen LogP contribution in [0.15, 0.2) is 22.9 Å². The van der Waals surface area contributed by atoms with Crippen LogP contribution in [0.25, 0.3) is 4.83 Å². The third kappa shape index (κ3) is 1.00. The Labute approximate surface area is 70.1 Å². The first-order valence-electron chi connectivity index (χ1n) is 3.03. The highest BCUT2D eigenvalue weighted by Crippen LogP contribution is 2.14. The summed E-state index contributed by atoms with van der Waals surface area (Å²) in [6, 6.07) is 0. The highest BCUT2D eigenvalue weighted by Gasteiger charge is 2.06. The van der Waals surface area contributed by atoms with E-state index in [0.29, 0.717) is 5.16 Å². The number of rotatable bonds is 1. The molecule has 0 saturated carbocycles. The molecule has 0 amide bonds. The molecular formula is C6H6N2OS2. The Morgan fingerprint density at radius 1 is 1.73 bits per heavy atom. The summed E-state index contributed by atoms with van der Waals surface area (Å²) < 4.78 is 12.9. The first-order valence-corrected chi connectivity index (χ1v) is 5.47. The van der Waals surface area contributed by atoms with Crippen molar-refractivity contribution in [1.82, 2.24) is 9.38 Å². The Morgan fingerprint density at radius 3 is 3.27 bits per heavy atom. The highest BCUT2D eigenvalue weighted by atomic mass is 32.2. The first-order chi connectivity index (χ1) is 5.29. The fourth-order valence-corrected chi connectivity index (χ4v) is 2.32. The van der Waals surface area contributed by atoms with E-state index in [4.69, 9.17) is 0 Å². The minimum absolute atomic E-state index is 0.626. The van der Waals surface area contributed by atoms with Crippen LogP contribution in [-0.2, 0) is 10.8 Å². The van der Waals surface area contributed by atoms with Gasteiger partial charge in [0.25, 0.3) is 0 Å². The van der Waals surface area contributed by atoms with E-state index in [1.54, 1.807) is 23.8 Å². The zero-order valence-electron chi connectivity index (χ0n) is 5.85. The molecular weight excluding hydrogens is 180 g/mol. The van der Waals surface area contributed by atoms with E-state index in [0.717, 1.165) is 4.83 Å². The maximum atomic E-state index is 11.1. The lowest BCUT2D eigenvalue weighted by Crippen LogP contribution is -1.93. The predicted molar refractivity (Wildman–Crippen MR) is 45.4 cm³/mol. The Balaban J connectivity index is 2.78. The quantitative estimate of drug-likeness (QED) is 0.669. The topological polar surface area (TPSA) is 34.4 Å². The number of hydrogen-bond acceptors (Lipinski definition) is 3. The van der Waals surface area contributed by atoms with Crippen LogP contribution in [0.4, 0.5) is 0 Å². The number of aromatic nitrogens is 2. The van der Waals surface area contributed by atoms with Crippen molar-refractivity contribution >= 4 is 27.0 Å². The van der Waals surface area contributed by atoms with Crippen LogP contribution in [0.5, 0.6) is 0 Å². The lowest BCUT2D eigenvalue weighted by molar-refractivity contribution is 0.679. The Bertz CT molecular complexity index is 403. The van der Waals surface area contributed by atoms with Crippen LogP contribution >= 0.6 is 11.3 Å². The van der Waals surface area contributed by atoms with Crippen LogP contribution in [0, 0.1) is 0 Å². The van der Waals surface area contributed by atoms with Crippen molar-refractivity contribution < 1.29 is 4.21 Å².